The maximum absolute atomic E-state index is 12.6. The number of unbranched alkanes of at least 4 members (excludes halogenated alkanes) is 2. The maximum atomic E-state index is 12.6. The van der Waals surface area contributed by atoms with Crippen LogP contribution in [0.2, 0.25) is 0 Å². The van der Waals surface area contributed by atoms with Crippen molar-refractivity contribution in [1.82, 2.24) is 4.98 Å². The number of carbonyl (C=O) groups is 1. The largest absolute Gasteiger partial charge is 0.494 e. The topological polar surface area (TPSA) is 60.5 Å². The molecule has 0 unspecified atom stereocenters. The minimum atomic E-state index is -0.139. The van der Waals surface area contributed by atoms with Crippen LogP contribution < -0.4 is 10.1 Å². The molecule has 1 heterocycles. The first-order valence-corrected chi connectivity index (χ1v) is 9.88. The molecule has 2 aromatic carbocycles. The molecule has 0 aliphatic rings. The molecule has 0 atom stereocenters. The van der Waals surface area contributed by atoms with Gasteiger partial charge in [-0.25, -0.2) is 4.98 Å². The van der Waals surface area contributed by atoms with Crippen molar-refractivity contribution in [3.63, 3.8) is 0 Å². The van der Waals surface area contributed by atoms with E-state index < -0.39 is 0 Å². The molecule has 3 aromatic rings. The van der Waals surface area contributed by atoms with Gasteiger partial charge in [-0.3, -0.25) is 4.79 Å². The molecule has 1 amide bonds. The number of amides is 1. The van der Waals surface area contributed by atoms with Crippen molar-refractivity contribution in [3.8, 4) is 5.75 Å². The van der Waals surface area contributed by atoms with Crippen LogP contribution in [0.25, 0.3) is 10.2 Å². The maximum Gasteiger partial charge on any atom is 0.255 e. The van der Waals surface area contributed by atoms with Crippen molar-refractivity contribution in [2.45, 2.75) is 26.2 Å². The first-order chi connectivity index (χ1) is 13.2. The van der Waals surface area contributed by atoms with Gasteiger partial charge >= 0.3 is 0 Å². The number of hydrogen-bond acceptors (Lipinski definition) is 5. The minimum Gasteiger partial charge on any atom is -0.494 e. The van der Waals surface area contributed by atoms with Gasteiger partial charge in [-0.15, -0.1) is 11.3 Å². The van der Waals surface area contributed by atoms with Gasteiger partial charge in [-0.2, -0.15) is 0 Å². The number of methoxy groups -OCH3 is 1. The van der Waals surface area contributed by atoms with Crippen LogP contribution in [0.5, 0.6) is 5.75 Å². The van der Waals surface area contributed by atoms with Gasteiger partial charge in [0.2, 0.25) is 0 Å². The molecule has 142 valence electrons. The quantitative estimate of drug-likeness (QED) is 0.524. The summed E-state index contributed by atoms with van der Waals surface area (Å²) in [5.41, 5.74) is 2.27. The van der Waals surface area contributed by atoms with Crippen LogP contribution in [-0.2, 0) is 4.74 Å². The Labute approximate surface area is 163 Å². The number of carbonyl (C=O) groups excluding carboxylic acids is 1. The number of aromatic nitrogens is 1. The molecule has 3 rings (SSSR count). The minimum absolute atomic E-state index is 0.139. The summed E-state index contributed by atoms with van der Waals surface area (Å²) in [7, 11) is 1.71. The number of aryl methyl sites for hydroxylation is 1. The van der Waals surface area contributed by atoms with E-state index in [1.807, 2.05) is 43.3 Å². The molecule has 0 radical (unpaired) electrons. The first kappa shape index (κ1) is 19.3. The Bertz CT molecular complexity index is 907. The summed E-state index contributed by atoms with van der Waals surface area (Å²) in [6, 6.07) is 13.1. The Hall–Kier alpha value is -2.44. The van der Waals surface area contributed by atoms with Crippen LogP contribution in [-0.4, -0.2) is 31.2 Å². The van der Waals surface area contributed by atoms with E-state index in [1.165, 1.54) is 0 Å². The smallest absolute Gasteiger partial charge is 0.255 e. The van der Waals surface area contributed by atoms with Crippen LogP contribution in [0.3, 0.4) is 0 Å². The fourth-order valence-electron chi connectivity index (χ4n) is 2.76. The van der Waals surface area contributed by atoms with E-state index in [9.17, 15) is 4.79 Å². The zero-order chi connectivity index (χ0) is 19.1. The average Bonchev–Trinajstić information content (AvgIpc) is 3.04. The number of benzene rings is 2. The summed E-state index contributed by atoms with van der Waals surface area (Å²) >= 11 is 1.59. The second-order valence-electron chi connectivity index (χ2n) is 6.30. The second kappa shape index (κ2) is 9.48. The number of rotatable bonds is 9. The van der Waals surface area contributed by atoms with E-state index >= 15 is 0 Å². The number of nitrogens with one attached hydrogen (secondary N) is 1. The monoisotopic (exact) mass is 384 g/mol. The molecular formula is C21H24N2O3S. The van der Waals surface area contributed by atoms with Gasteiger partial charge in [-0.05, 0) is 56.5 Å². The molecule has 27 heavy (non-hydrogen) atoms. The summed E-state index contributed by atoms with van der Waals surface area (Å²) in [5, 5.41) is 3.93. The normalized spacial score (nSPS) is 10.9. The molecular weight excluding hydrogens is 360 g/mol. The number of anilines is 1. The summed E-state index contributed by atoms with van der Waals surface area (Å²) in [5.74, 6) is 0.618. The van der Waals surface area contributed by atoms with Crippen molar-refractivity contribution < 1.29 is 14.3 Å². The molecule has 6 heteroatoms. The number of nitrogens with zero attached hydrogens (tertiary/aromatic N) is 1. The van der Waals surface area contributed by atoms with Crippen molar-refractivity contribution in [3.05, 3.63) is 53.0 Å². The SMILES string of the molecule is COCCCCCOc1cccc(NC(=O)c2ccc3nc(C)sc3c2)c1. The Morgan fingerprint density at radius 1 is 1.11 bits per heavy atom. The third kappa shape index (κ3) is 5.52. The second-order valence-corrected chi connectivity index (χ2v) is 7.53. The molecule has 1 N–H and O–H groups in total. The summed E-state index contributed by atoms with van der Waals surface area (Å²) in [6.45, 7) is 3.41. The summed E-state index contributed by atoms with van der Waals surface area (Å²) < 4.78 is 11.8. The predicted octanol–water partition coefficient (Wildman–Crippen LogP) is 5.05. The molecule has 0 saturated carbocycles. The number of hydrogen-bond donors (Lipinski definition) is 1. The Morgan fingerprint density at radius 3 is 2.81 bits per heavy atom. The fraction of sp³-hybridized carbons (Fsp3) is 0.333. The van der Waals surface area contributed by atoms with Crippen molar-refractivity contribution in [1.29, 1.82) is 0 Å². The van der Waals surface area contributed by atoms with Crippen LogP contribution in [0.1, 0.15) is 34.6 Å². The van der Waals surface area contributed by atoms with Gasteiger partial charge < -0.3 is 14.8 Å². The summed E-state index contributed by atoms with van der Waals surface area (Å²) in [4.78, 5) is 17.0. The Morgan fingerprint density at radius 2 is 1.96 bits per heavy atom. The Balaban J connectivity index is 1.57. The van der Waals surface area contributed by atoms with Crippen molar-refractivity contribution in [2.24, 2.45) is 0 Å². The lowest BCUT2D eigenvalue weighted by molar-refractivity contribution is 0.102. The van der Waals surface area contributed by atoms with Crippen LogP contribution in [0.4, 0.5) is 5.69 Å². The Kier molecular flexibility index (Phi) is 6.79. The third-order valence-electron chi connectivity index (χ3n) is 4.11. The van der Waals surface area contributed by atoms with Crippen LogP contribution in [0, 0.1) is 6.92 Å². The standard InChI is InChI=1S/C21H24N2O3S/c1-15-22-19-10-9-16(13-20(19)27-15)21(24)23-17-7-6-8-18(14-17)26-12-5-3-4-11-25-2/h6-10,13-14H,3-5,11-12H2,1-2H3,(H,23,24). The molecule has 0 spiro atoms. The highest BCUT2D eigenvalue weighted by Crippen LogP contribution is 2.24. The molecule has 0 aliphatic heterocycles. The zero-order valence-corrected chi connectivity index (χ0v) is 16.5. The zero-order valence-electron chi connectivity index (χ0n) is 15.7. The highest BCUT2D eigenvalue weighted by Gasteiger charge is 2.09. The molecule has 0 fully saturated rings. The van der Waals surface area contributed by atoms with Gasteiger partial charge in [0.1, 0.15) is 5.75 Å². The van der Waals surface area contributed by atoms with Crippen LogP contribution in [0.15, 0.2) is 42.5 Å². The number of ether oxygens (including phenoxy) is 2. The predicted molar refractivity (Wildman–Crippen MR) is 110 cm³/mol. The molecule has 1 aromatic heterocycles. The van der Waals surface area contributed by atoms with E-state index in [0.717, 1.165) is 52.5 Å². The molecule has 5 nitrogen and oxygen atoms in total. The fourth-order valence-corrected chi connectivity index (χ4v) is 3.63. The van der Waals surface area contributed by atoms with Gasteiger partial charge in [-0.1, -0.05) is 6.07 Å². The van der Waals surface area contributed by atoms with Gasteiger partial charge in [0.15, 0.2) is 0 Å². The molecule has 0 bridgehead atoms. The number of thiazole rings is 1. The lowest BCUT2D eigenvalue weighted by Gasteiger charge is -2.09. The van der Waals surface area contributed by atoms with Gasteiger partial charge in [0.05, 0.1) is 21.8 Å². The van der Waals surface area contributed by atoms with E-state index in [4.69, 9.17) is 9.47 Å². The number of fused-ring (bicyclic) bond motifs is 1. The summed E-state index contributed by atoms with van der Waals surface area (Å²) in [6.07, 6.45) is 3.09. The first-order valence-electron chi connectivity index (χ1n) is 9.06. The van der Waals surface area contributed by atoms with Crippen molar-refractivity contribution in [2.75, 3.05) is 25.6 Å². The molecule has 0 aliphatic carbocycles. The van der Waals surface area contributed by atoms with E-state index in [1.54, 1.807) is 24.5 Å². The lowest BCUT2D eigenvalue weighted by atomic mass is 10.2. The highest BCUT2D eigenvalue weighted by atomic mass is 32.1. The van der Waals surface area contributed by atoms with Gasteiger partial charge in [0, 0.05) is 31.0 Å². The van der Waals surface area contributed by atoms with E-state index in [2.05, 4.69) is 10.3 Å². The lowest BCUT2D eigenvalue weighted by Crippen LogP contribution is -2.11. The van der Waals surface area contributed by atoms with E-state index in [-0.39, 0.29) is 5.91 Å². The third-order valence-corrected chi connectivity index (χ3v) is 5.04. The van der Waals surface area contributed by atoms with Crippen LogP contribution >= 0.6 is 11.3 Å². The highest BCUT2D eigenvalue weighted by molar-refractivity contribution is 7.18. The van der Waals surface area contributed by atoms with E-state index in [0.29, 0.717) is 12.2 Å². The average molecular weight is 385 g/mol. The molecule has 0 saturated heterocycles. The van der Waals surface area contributed by atoms with Crippen molar-refractivity contribution >= 4 is 33.1 Å². The van der Waals surface area contributed by atoms with Gasteiger partial charge in [0.25, 0.3) is 5.91 Å².